The topological polar surface area (TPSA) is 85.8 Å². The van der Waals surface area contributed by atoms with Crippen molar-refractivity contribution in [2.24, 2.45) is 0 Å². The molecular formula is C15H15N5O2S. The van der Waals surface area contributed by atoms with Gasteiger partial charge in [-0.25, -0.2) is 4.98 Å². The molecule has 7 nitrogen and oxygen atoms in total. The summed E-state index contributed by atoms with van der Waals surface area (Å²) in [5.41, 5.74) is 0.896. The van der Waals surface area contributed by atoms with Crippen molar-refractivity contribution in [1.82, 2.24) is 24.3 Å². The molecular weight excluding hydrogens is 314 g/mol. The minimum Gasteiger partial charge on any atom is -0.481 e. The minimum absolute atomic E-state index is 0.0651. The van der Waals surface area contributed by atoms with E-state index in [9.17, 15) is 4.79 Å². The Morgan fingerprint density at radius 2 is 2.09 bits per heavy atom. The van der Waals surface area contributed by atoms with Gasteiger partial charge in [0.1, 0.15) is 0 Å². The molecule has 0 amide bonds. The van der Waals surface area contributed by atoms with E-state index >= 15 is 0 Å². The predicted octanol–water partition coefficient (Wildman–Crippen LogP) is 2.25. The molecule has 1 atom stereocenters. The van der Waals surface area contributed by atoms with Crippen molar-refractivity contribution in [3.05, 3.63) is 54.9 Å². The van der Waals surface area contributed by atoms with Crippen molar-refractivity contribution >= 4 is 17.7 Å². The average Bonchev–Trinajstić information content (AvgIpc) is 3.22. The average molecular weight is 329 g/mol. The van der Waals surface area contributed by atoms with Crippen LogP contribution >= 0.6 is 11.8 Å². The lowest BCUT2D eigenvalue weighted by Gasteiger charge is -2.15. The lowest BCUT2D eigenvalue weighted by molar-refractivity contribution is -0.133. The van der Waals surface area contributed by atoms with E-state index in [0.29, 0.717) is 5.16 Å². The third-order valence-corrected chi connectivity index (χ3v) is 4.26. The number of aliphatic carboxylic acids is 1. The molecule has 1 N–H and O–H groups in total. The third-order valence-electron chi connectivity index (χ3n) is 3.34. The molecule has 3 aromatic rings. The number of carboxylic acid groups (broad SMARTS) is 1. The van der Waals surface area contributed by atoms with Crippen LogP contribution in [-0.4, -0.2) is 41.1 Å². The molecule has 0 spiro atoms. The van der Waals surface area contributed by atoms with Gasteiger partial charge in [-0.15, -0.1) is 10.2 Å². The molecule has 8 heteroatoms. The largest absolute Gasteiger partial charge is 0.481 e. The number of hydrogen-bond acceptors (Lipinski definition) is 5. The fraction of sp³-hybridized carbons (Fsp3) is 0.200. The Hall–Kier alpha value is -2.61. The Morgan fingerprint density at radius 3 is 2.74 bits per heavy atom. The standard InChI is InChI=1S/C15H15N5O2S/c1-11(19-8-7-16-10-19)14-17-18-15(23-9-13(21)22)20(14)12-5-3-2-4-6-12/h2-8,10-11H,9H2,1H3,(H,21,22)/t11-/m1/s1. The van der Waals surface area contributed by atoms with Gasteiger partial charge in [-0.05, 0) is 19.1 Å². The SMILES string of the molecule is C[C@H](c1nnc(SCC(=O)O)n1-c1ccccc1)n1ccnc1. The van der Waals surface area contributed by atoms with E-state index in [2.05, 4.69) is 15.2 Å². The molecule has 0 aliphatic rings. The molecule has 0 saturated carbocycles. The normalized spacial score (nSPS) is 12.2. The molecule has 0 aliphatic carbocycles. The van der Waals surface area contributed by atoms with Crippen LogP contribution in [-0.2, 0) is 4.79 Å². The first-order valence-electron chi connectivity index (χ1n) is 6.99. The number of carboxylic acids is 1. The molecule has 118 valence electrons. The maximum atomic E-state index is 10.9. The van der Waals surface area contributed by atoms with Gasteiger partial charge in [0, 0.05) is 18.1 Å². The van der Waals surface area contributed by atoms with Crippen LogP contribution in [0.25, 0.3) is 5.69 Å². The first kappa shape index (κ1) is 15.3. The highest BCUT2D eigenvalue weighted by Crippen LogP contribution is 2.26. The monoisotopic (exact) mass is 329 g/mol. The number of benzene rings is 1. The van der Waals surface area contributed by atoms with Gasteiger partial charge in [0.05, 0.1) is 18.1 Å². The Morgan fingerprint density at radius 1 is 1.30 bits per heavy atom. The Labute approximate surface area is 137 Å². The first-order valence-corrected chi connectivity index (χ1v) is 7.98. The number of nitrogens with zero attached hydrogens (tertiary/aromatic N) is 5. The van der Waals surface area contributed by atoms with E-state index in [1.165, 1.54) is 0 Å². The zero-order chi connectivity index (χ0) is 16.2. The summed E-state index contributed by atoms with van der Waals surface area (Å²) in [6.07, 6.45) is 5.29. The second kappa shape index (κ2) is 6.66. The number of imidazole rings is 1. The smallest absolute Gasteiger partial charge is 0.313 e. The summed E-state index contributed by atoms with van der Waals surface area (Å²) < 4.78 is 3.81. The molecule has 0 saturated heterocycles. The van der Waals surface area contributed by atoms with E-state index in [-0.39, 0.29) is 11.8 Å². The molecule has 3 rings (SSSR count). The van der Waals surface area contributed by atoms with E-state index in [0.717, 1.165) is 23.3 Å². The van der Waals surface area contributed by atoms with Gasteiger partial charge in [0.2, 0.25) is 0 Å². The van der Waals surface area contributed by atoms with E-state index < -0.39 is 5.97 Å². The van der Waals surface area contributed by atoms with E-state index in [4.69, 9.17) is 5.11 Å². The third kappa shape index (κ3) is 3.26. The van der Waals surface area contributed by atoms with E-state index in [1.807, 2.05) is 52.6 Å². The lowest BCUT2D eigenvalue weighted by atomic mass is 10.2. The number of thioether (sulfide) groups is 1. The molecule has 0 fully saturated rings. The second-order valence-corrected chi connectivity index (χ2v) is 5.82. The quantitative estimate of drug-likeness (QED) is 0.698. The Kier molecular flexibility index (Phi) is 4.42. The van der Waals surface area contributed by atoms with Crippen molar-refractivity contribution in [3.8, 4) is 5.69 Å². The summed E-state index contributed by atoms with van der Waals surface area (Å²) >= 11 is 1.15. The van der Waals surface area contributed by atoms with Gasteiger partial charge in [-0.1, -0.05) is 30.0 Å². The van der Waals surface area contributed by atoms with Crippen molar-refractivity contribution < 1.29 is 9.90 Å². The van der Waals surface area contributed by atoms with Crippen molar-refractivity contribution in [1.29, 1.82) is 0 Å². The van der Waals surface area contributed by atoms with Gasteiger partial charge in [-0.2, -0.15) is 0 Å². The molecule has 0 aliphatic heterocycles. The van der Waals surface area contributed by atoms with Crippen molar-refractivity contribution in [3.63, 3.8) is 0 Å². The van der Waals surface area contributed by atoms with Crippen LogP contribution in [0.2, 0.25) is 0 Å². The van der Waals surface area contributed by atoms with Crippen LogP contribution in [0.15, 0.2) is 54.2 Å². The molecule has 2 heterocycles. The summed E-state index contributed by atoms with van der Waals surface area (Å²) in [5, 5.41) is 17.9. The summed E-state index contributed by atoms with van der Waals surface area (Å²) in [5.74, 6) is -0.228. The van der Waals surface area contributed by atoms with Crippen LogP contribution in [0, 0.1) is 0 Å². The summed E-state index contributed by atoms with van der Waals surface area (Å²) in [7, 11) is 0. The highest BCUT2D eigenvalue weighted by atomic mass is 32.2. The lowest BCUT2D eigenvalue weighted by Crippen LogP contribution is -2.12. The van der Waals surface area contributed by atoms with Crippen LogP contribution in [0.3, 0.4) is 0 Å². The van der Waals surface area contributed by atoms with Gasteiger partial charge >= 0.3 is 5.97 Å². The molecule has 2 aromatic heterocycles. The fourth-order valence-electron chi connectivity index (χ4n) is 2.22. The van der Waals surface area contributed by atoms with Crippen LogP contribution in [0.5, 0.6) is 0 Å². The maximum Gasteiger partial charge on any atom is 0.313 e. The summed E-state index contributed by atoms with van der Waals surface area (Å²) in [4.78, 5) is 14.9. The van der Waals surface area contributed by atoms with Crippen molar-refractivity contribution in [2.75, 3.05) is 5.75 Å². The number of para-hydroxylation sites is 1. The fourth-order valence-corrected chi connectivity index (χ4v) is 2.90. The molecule has 23 heavy (non-hydrogen) atoms. The molecule has 0 bridgehead atoms. The van der Waals surface area contributed by atoms with Crippen molar-refractivity contribution in [2.45, 2.75) is 18.1 Å². The number of hydrogen-bond donors (Lipinski definition) is 1. The summed E-state index contributed by atoms with van der Waals surface area (Å²) in [6.45, 7) is 2.00. The van der Waals surface area contributed by atoms with Gasteiger partial charge in [0.15, 0.2) is 11.0 Å². The maximum absolute atomic E-state index is 10.9. The Balaban J connectivity index is 2.04. The highest BCUT2D eigenvalue weighted by Gasteiger charge is 2.20. The van der Waals surface area contributed by atoms with Gasteiger partial charge in [-0.3, -0.25) is 9.36 Å². The first-order chi connectivity index (χ1) is 11.2. The predicted molar refractivity (Wildman–Crippen MR) is 85.8 cm³/mol. The number of aromatic nitrogens is 5. The zero-order valence-corrected chi connectivity index (χ0v) is 13.2. The zero-order valence-electron chi connectivity index (χ0n) is 12.4. The van der Waals surface area contributed by atoms with Crippen LogP contribution in [0.1, 0.15) is 18.8 Å². The van der Waals surface area contributed by atoms with Gasteiger partial charge < -0.3 is 9.67 Å². The minimum atomic E-state index is -0.887. The van der Waals surface area contributed by atoms with Crippen LogP contribution in [0.4, 0.5) is 0 Å². The molecule has 1 aromatic carbocycles. The number of rotatable bonds is 6. The summed E-state index contributed by atoms with van der Waals surface area (Å²) in [6, 6.07) is 9.58. The second-order valence-electron chi connectivity index (χ2n) is 4.88. The molecule has 0 unspecified atom stereocenters. The molecule has 0 radical (unpaired) electrons. The Bertz CT molecular complexity index is 786. The van der Waals surface area contributed by atoms with E-state index in [1.54, 1.807) is 12.5 Å². The number of carbonyl (C=O) groups is 1. The highest BCUT2D eigenvalue weighted by molar-refractivity contribution is 7.99. The van der Waals surface area contributed by atoms with Crippen LogP contribution < -0.4 is 0 Å². The van der Waals surface area contributed by atoms with Gasteiger partial charge in [0.25, 0.3) is 0 Å².